The van der Waals surface area contributed by atoms with Gasteiger partial charge in [-0.1, -0.05) is 13.0 Å². The molecule has 2 rings (SSSR count). The van der Waals surface area contributed by atoms with Crippen LogP contribution in [-0.2, 0) is 16.6 Å². The molecule has 0 radical (unpaired) electrons. The molecule has 2 aromatic rings. The molecule has 0 aliphatic rings. The second-order valence-corrected chi connectivity index (χ2v) is 6.15. The lowest BCUT2D eigenvalue weighted by Crippen LogP contribution is -2.13. The lowest BCUT2D eigenvalue weighted by atomic mass is 10.2. The minimum Gasteiger partial charge on any atom is -0.336 e. The first kappa shape index (κ1) is 14.5. The van der Waals surface area contributed by atoms with Gasteiger partial charge in [0.05, 0.1) is 12.0 Å². The lowest BCUT2D eigenvalue weighted by Gasteiger charge is -2.06. The van der Waals surface area contributed by atoms with E-state index in [0.29, 0.717) is 12.1 Å². The highest BCUT2D eigenvalue weighted by molar-refractivity contribution is 7.92. The van der Waals surface area contributed by atoms with E-state index in [2.05, 4.69) is 9.71 Å². The van der Waals surface area contributed by atoms with Gasteiger partial charge >= 0.3 is 0 Å². The van der Waals surface area contributed by atoms with E-state index in [4.69, 9.17) is 0 Å². The maximum Gasteiger partial charge on any atom is 0.280 e. The van der Waals surface area contributed by atoms with Crippen LogP contribution in [0.15, 0.2) is 35.7 Å². The van der Waals surface area contributed by atoms with Crippen molar-refractivity contribution in [3.63, 3.8) is 0 Å². The van der Waals surface area contributed by atoms with Crippen molar-refractivity contribution in [3.05, 3.63) is 42.1 Å². The van der Waals surface area contributed by atoms with Crippen LogP contribution in [-0.4, -0.2) is 18.0 Å². The van der Waals surface area contributed by atoms with Gasteiger partial charge in [-0.2, -0.15) is 8.42 Å². The topological polar surface area (TPSA) is 64.0 Å². The summed E-state index contributed by atoms with van der Waals surface area (Å²) in [5.41, 5.74) is 0.637. The minimum absolute atomic E-state index is 0.0769. The number of sulfonamides is 1. The summed E-state index contributed by atoms with van der Waals surface area (Å²) in [6.07, 6.45) is 3.80. The number of nitrogens with one attached hydrogen (secondary N) is 1. The van der Waals surface area contributed by atoms with Gasteiger partial charge in [-0.15, -0.1) is 0 Å². The Balaban J connectivity index is 2.23. The molecular weight excluding hydrogens is 281 g/mol. The zero-order chi connectivity index (χ0) is 14.8. The highest BCUT2D eigenvalue weighted by atomic mass is 32.2. The number of rotatable bonds is 5. The van der Waals surface area contributed by atoms with Gasteiger partial charge in [0, 0.05) is 12.7 Å². The molecule has 1 aromatic carbocycles. The molecule has 0 aliphatic carbocycles. The normalized spacial score (nSPS) is 11.6. The highest BCUT2D eigenvalue weighted by Crippen LogP contribution is 2.17. The Morgan fingerprint density at radius 3 is 2.80 bits per heavy atom. The van der Waals surface area contributed by atoms with Gasteiger partial charge in [0.2, 0.25) is 0 Å². The molecule has 1 aromatic heterocycles. The van der Waals surface area contributed by atoms with Gasteiger partial charge in [0.25, 0.3) is 10.0 Å². The summed E-state index contributed by atoms with van der Waals surface area (Å²) in [6.45, 7) is 4.29. The smallest absolute Gasteiger partial charge is 0.280 e. The van der Waals surface area contributed by atoms with Gasteiger partial charge in [-0.3, -0.25) is 4.72 Å². The van der Waals surface area contributed by atoms with Crippen molar-refractivity contribution in [2.45, 2.75) is 31.8 Å². The summed E-state index contributed by atoms with van der Waals surface area (Å²) < 4.78 is 41.6. The van der Waals surface area contributed by atoms with Crippen molar-refractivity contribution in [2.75, 3.05) is 4.72 Å². The largest absolute Gasteiger partial charge is 0.336 e. The quantitative estimate of drug-likeness (QED) is 0.922. The maximum atomic E-state index is 13.4. The van der Waals surface area contributed by atoms with E-state index in [-0.39, 0.29) is 10.7 Å². The predicted molar refractivity (Wildman–Crippen MR) is 74.5 cm³/mol. The average Bonchev–Trinajstić information content (AvgIpc) is 2.83. The van der Waals surface area contributed by atoms with Crippen LogP contribution < -0.4 is 4.72 Å². The van der Waals surface area contributed by atoms with Crippen molar-refractivity contribution in [3.8, 4) is 0 Å². The van der Waals surface area contributed by atoms with Crippen LogP contribution in [0.5, 0.6) is 0 Å². The standard InChI is InChI=1S/C13H16FN3O2S/c1-3-6-17-8-13(15-9-17)20(18,19)16-11-5-4-10(2)12(14)7-11/h4-5,7-9,16H,3,6H2,1-2H3. The number of aromatic nitrogens is 2. The molecule has 0 saturated carbocycles. The third-order valence-corrected chi connectivity index (χ3v) is 4.06. The minimum atomic E-state index is -3.79. The van der Waals surface area contributed by atoms with Crippen LogP contribution in [0.2, 0.25) is 0 Å². The Morgan fingerprint density at radius 1 is 1.40 bits per heavy atom. The number of nitrogens with zero attached hydrogens (tertiary/aromatic N) is 2. The van der Waals surface area contributed by atoms with E-state index >= 15 is 0 Å². The van der Waals surface area contributed by atoms with Crippen LogP contribution in [0.4, 0.5) is 10.1 Å². The van der Waals surface area contributed by atoms with E-state index in [1.54, 1.807) is 11.5 Å². The molecule has 20 heavy (non-hydrogen) atoms. The lowest BCUT2D eigenvalue weighted by molar-refractivity contribution is 0.597. The molecule has 0 fully saturated rings. The SMILES string of the molecule is CCCn1cnc(S(=O)(=O)Nc2ccc(C)c(F)c2)c1. The summed E-state index contributed by atoms with van der Waals surface area (Å²) >= 11 is 0. The summed E-state index contributed by atoms with van der Waals surface area (Å²) in [5, 5.41) is -0.0769. The number of hydrogen-bond acceptors (Lipinski definition) is 3. The first-order valence-corrected chi connectivity index (χ1v) is 7.71. The second-order valence-electron chi connectivity index (χ2n) is 4.52. The summed E-state index contributed by atoms with van der Waals surface area (Å²) in [7, 11) is -3.79. The fraction of sp³-hybridized carbons (Fsp3) is 0.308. The third kappa shape index (κ3) is 3.16. The van der Waals surface area contributed by atoms with E-state index in [1.807, 2.05) is 6.92 Å². The first-order valence-electron chi connectivity index (χ1n) is 6.23. The molecule has 7 heteroatoms. The fourth-order valence-electron chi connectivity index (χ4n) is 1.72. The van der Waals surface area contributed by atoms with Gasteiger partial charge in [0.1, 0.15) is 5.82 Å². The van der Waals surface area contributed by atoms with Gasteiger partial charge in [0.15, 0.2) is 5.03 Å². The van der Waals surface area contributed by atoms with Crippen molar-refractivity contribution >= 4 is 15.7 Å². The molecule has 0 saturated heterocycles. The monoisotopic (exact) mass is 297 g/mol. The number of anilines is 1. The van der Waals surface area contributed by atoms with Gasteiger partial charge in [-0.05, 0) is 31.0 Å². The first-order chi connectivity index (χ1) is 9.42. The van der Waals surface area contributed by atoms with E-state index < -0.39 is 15.8 Å². The number of aryl methyl sites for hydroxylation is 2. The fourth-order valence-corrected chi connectivity index (χ4v) is 2.72. The highest BCUT2D eigenvalue weighted by Gasteiger charge is 2.17. The molecule has 108 valence electrons. The predicted octanol–water partition coefficient (Wildman–Crippen LogP) is 2.54. The van der Waals surface area contributed by atoms with Crippen LogP contribution in [0.1, 0.15) is 18.9 Å². The van der Waals surface area contributed by atoms with E-state index in [1.165, 1.54) is 24.7 Å². The molecular formula is C13H16FN3O2S. The molecule has 0 atom stereocenters. The van der Waals surface area contributed by atoms with Crippen LogP contribution in [0.25, 0.3) is 0 Å². The van der Waals surface area contributed by atoms with Crippen molar-refractivity contribution in [1.29, 1.82) is 0 Å². The molecule has 0 aliphatic heterocycles. The van der Waals surface area contributed by atoms with Gasteiger partial charge in [-0.25, -0.2) is 9.37 Å². The molecule has 0 unspecified atom stereocenters. The van der Waals surface area contributed by atoms with E-state index in [0.717, 1.165) is 12.5 Å². The Bertz CT molecular complexity index is 710. The molecule has 0 bridgehead atoms. The van der Waals surface area contributed by atoms with Crippen molar-refractivity contribution < 1.29 is 12.8 Å². The number of halogens is 1. The summed E-state index contributed by atoms with van der Waals surface area (Å²) in [6, 6.07) is 4.18. The number of hydrogen-bond donors (Lipinski definition) is 1. The molecule has 0 amide bonds. The van der Waals surface area contributed by atoms with Crippen molar-refractivity contribution in [1.82, 2.24) is 9.55 Å². The Morgan fingerprint density at radius 2 is 2.15 bits per heavy atom. The van der Waals surface area contributed by atoms with E-state index in [9.17, 15) is 12.8 Å². The molecule has 1 N–H and O–H groups in total. The van der Waals surface area contributed by atoms with Crippen LogP contribution in [0.3, 0.4) is 0 Å². The van der Waals surface area contributed by atoms with Crippen LogP contribution >= 0.6 is 0 Å². The van der Waals surface area contributed by atoms with Gasteiger partial charge < -0.3 is 4.57 Å². The number of benzene rings is 1. The second kappa shape index (κ2) is 5.62. The molecule has 0 spiro atoms. The Labute approximate surface area is 117 Å². The Kier molecular flexibility index (Phi) is 4.08. The zero-order valence-corrected chi connectivity index (χ0v) is 12.1. The molecule has 5 nitrogen and oxygen atoms in total. The average molecular weight is 297 g/mol. The summed E-state index contributed by atoms with van der Waals surface area (Å²) in [4.78, 5) is 3.86. The molecule has 1 heterocycles. The van der Waals surface area contributed by atoms with Crippen LogP contribution in [0, 0.1) is 12.7 Å². The summed E-state index contributed by atoms with van der Waals surface area (Å²) in [5.74, 6) is -0.457. The number of imidazole rings is 1. The maximum absolute atomic E-state index is 13.4. The third-order valence-electron chi connectivity index (χ3n) is 2.79. The Hall–Kier alpha value is -1.89. The zero-order valence-electron chi connectivity index (χ0n) is 11.3. The van der Waals surface area contributed by atoms with Crippen molar-refractivity contribution in [2.24, 2.45) is 0 Å².